The topological polar surface area (TPSA) is 100 Å². The molecule has 4 rings (SSSR count). The third-order valence-corrected chi connectivity index (χ3v) is 9.08. The molecule has 194 valence electrons. The first-order chi connectivity index (χ1) is 17.2. The number of fused-ring (bicyclic) bond motifs is 1. The summed E-state index contributed by atoms with van der Waals surface area (Å²) in [5.41, 5.74) is 2.68. The fraction of sp³-hybridized carbons (Fsp3) is 0.481. The van der Waals surface area contributed by atoms with Gasteiger partial charge >= 0.3 is 0 Å². The number of sulfonamides is 1. The number of amides is 1. The number of benzene rings is 1. The van der Waals surface area contributed by atoms with Crippen LogP contribution in [0.15, 0.2) is 53.7 Å². The molecule has 3 atom stereocenters. The lowest BCUT2D eigenvalue weighted by Gasteiger charge is -2.37. The van der Waals surface area contributed by atoms with Gasteiger partial charge in [-0.1, -0.05) is 19.1 Å². The Bertz CT molecular complexity index is 1220. The third-order valence-electron chi connectivity index (χ3n) is 7.06. The van der Waals surface area contributed by atoms with Crippen molar-refractivity contribution in [2.45, 2.75) is 56.6 Å². The van der Waals surface area contributed by atoms with E-state index in [2.05, 4.69) is 11.1 Å². The fourth-order valence-electron chi connectivity index (χ4n) is 4.81. The number of nitrogens with zero attached hydrogens (tertiary/aromatic N) is 3. The van der Waals surface area contributed by atoms with E-state index in [1.807, 2.05) is 19.1 Å². The van der Waals surface area contributed by atoms with Gasteiger partial charge in [0.15, 0.2) is 0 Å². The summed E-state index contributed by atoms with van der Waals surface area (Å²) in [6.45, 7) is 3.76. The average molecular weight is 514 g/mol. The van der Waals surface area contributed by atoms with Crippen LogP contribution >= 0.6 is 0 Å². The van der Waals surface area contributed by atoms with Crippen molar-refractivity contribution in [3.05, 3.63) is 59.9 Å². The Morgan fingerprint density at radius 1 is 1.25 bits per heavy atom. The smallest absolute Gasteiger partial charge is 0.253 e. The van der Waals surface area contributed by atoms with Gasteiger partial charge in [-0.2, -0.15) is 4.31 Å². The molecule has 2 aromatic rings. The number of allylic oxidation sites excluding steroid dienone is 2. The maximum Gasteiger partial charge on any atom is 0.253 e. The Kier molecular flexibility index (Phi) is 8.12. The van der Waals surface area contributed by atoms with Crippen LogP contribution in [0.2, 0.25) is 0 Å². The molecule has 1 aliphatic heterocycles. The predicted molar refractivity (Wildman–Crippen MR) is 138 cm³/mol. The zero-order valence-corrected chi connectivity index (χ0v) is 21.9. The molecule has 1 aromatic heterocycles. The summed E-state index contributed by atoms with van der Waals surface area (Å²) in [5.74, 6) is -0.118. The maximum atomic E-state index is 13.7. The van der Waals surface area contributed by atoms with E-state index >= 15 is 0 Å². The quantitative estimate of drug-likeness (QED) is 0.634. The molecule has 0 saturated heterocycles. The molecule has 8 nitrogen and oxygen atoms in total. The van der Waals surface area contributed by atoms with Crippen LogP contribution in [0.1, 0.15) is 55.5 Å². The van der Waals surface area contributed by atoms with Crippen LogP contribution in [0, 0.1) is 5.92 Å². The second-order valence-electron chi connectivity index (χ2n) is 9.80. The van der Waals surface area contributed by atoms with Crippen molar-refractivity contribution in [1.29, 1.82) is 0 Å². The van der Waals surface area contributed by atoms with Crippen molar-refractivity contribution >= 4 is 21.5 Å². The lowest BCUT2D eigenvalue weighted by Crippen LogP contribution is -2.50. The van der Waals surface area contributed by atoms with E-state index in [0.717, 1.165) is 31.2 Å². The number of likely N-dealkylation sites (N-methyl/N-ethyl adjacent to an activating group) is 1. The molecule has 1 N–H and O–H groups in total. The molecular formula is C27H35N3O5S. The zero-order valence-electron chi connectivity index (χ0n) is 21.1. The Hall–Kier alpha value is -2.75. The number of carbonyl (C=O) groups is 1. The van der Waals surface area contributed by atoms with E-state index in [9.17, 15) is 18.3 Å². The lowest BCUT2D eigenvalue weighted by atomic mass is 9.93. The highest BCUT2D eigenvalue weighted by molar-refractivity contribution is 7.89. The fourth-order valence-corrected chi connectivity index (χ4v) is 6.64. The van der Waals surface area contributed by atoms with Crippen LogP contribution in [0.25, 0.3) is 5.57 Å². The van der Waals surface area contributed by atoms with E-state index in [1.54, 1.807) is 49.5 Å². The van der Waals surface area contributed by atoms with Gasteiger partial charge in [0.05, 0.1) is 13.2 Å². The monoisotopic (exact) mass is 513 g/mol. The second-order valence-corrected chi connectivity index (χ2v) is 11.7. The molecule has 1 amide bonds. The van der Waals surface area contributed by atoms with Crippen LogP contribution in [0.4, 0.5) is 0 Å². The van der Waals surface area contributed by atoms with Gasteiger partial charge in [0.25, 0.3) is 5.91 Å². The number of carbonyl (C=O) groups excluding carboxylic acids is 1. The molecule has 0 bridgehead atoms. The highest BCUT2D eigenvalue weighted by Gasteiger charge is 2.38. The minimum Gasteiger partial charge on any atom is -0.487 e. The maximum absolute atomic E-state index is 13.7. The highest BCUT2D eigenvalue weighted by atomic mass is 32.2. The number of hydrogen-bond donors (Lipinski definition) is 1. The summed E-state index contributed by atoms with van der Waals surface area (Å²) in [4.78, 5) is 18.7. The number of aliphatic hydroxyl groups is 1. The molecule has 9 heteroatoms. The van der Waals surface area contributed by atoms with E-state index < -0.39 is 22.2 Å². The number of pyridine rings is 1. The van der Waals surface area contributed by atoms with E-state index in [4.69, 9.17) is 4.74 Å². The molecule has 1 aliphatic carbocycles. The van der Waals surface area contributed by atoms with Crippen LogP contribution in [-0.4, -0.2) is 72.5 Å². The second kappa shape index (κ2) is 11.1. The van der Waals surface area contributed by atoms with Crippen molar-refractivity contribution in [2.24, 2.45) is 5.92 Å². The molecule has 2 heterocycles. The summed E-state index contributed by atoms with van der Waals surface area (Å²) in [7, 11) is -2.19. The summed E-state index contributed by atoms with van der Waals surface area (Å²) in [6, 6.07) is 8.02. The molecule has 0 unspecified atom stereocenters. The number of rotatable bonds is 6. The molecule has 0 radical (unpaired) electrons. The van der Waals surface area contributed by atoms with Gasteiger partial charge in [0.1, 0.15) is 16.7 Å². The van der Waals surface area contributed by atoms with Crippen molar-refractivity contribution < 1.29 is 23.1 Å². The first-order valence-corrected chi connectivity index (χ1v) is 13.9. The van der Waals surface area contributed by atoms with Gasteiger partial charge in [-0.15, -0.1) is 0 Å². The lowest BCUT2D eigenvalue weighted by molar-refractivity contribution is 0.0563. The van der Waals surface area contributed by atoms with Gasteiger partial charge in [0, 0.05) is 43.5 Å². The van der Waals surface area contributed by atoms with Gasteiger partial charge in [0.2, 0.25) is 10.0 Å². The number of aromatic nitrogens is 1. The van der Waals surface area contributed by atoms with E-state index in [-0.39, 0.29) is 42.2 Å². The standard InChI is InChI=1S/C27H35N3O5S/c1-19-16-30(20(2)18-31)36(33,34)26-10-9-23(21-7-5-4-6-8-21)15-24(26)35-25(19)17-29(3)27(32)22-11-13-28-14-12-22/h7,9-15,19-20,25,31H,4-6,8,16-18H2,1-3H3/t19-,20+,25-/m0/s1. The SMILES string of the molecule is C[C@H](CO)N1C[C@H](C)[C@H](CN(C)C(=O)c2ccncc2)Oc2cc(C3=CCCCC3)ccc2S1(=O)=O. The minimum atomic E-state index is -3.90. The Morgan fingerprint density at radius 2 is 2.00 bits per heavy atom. The van der Waals surface area contributed by atoms with Gasteiger partial charge in [-0.05, 0) is 68.0 Å². The summed E-state index contributed by atoms with van der Waals surface area (Å²) >= 11 is 0. The van der Waals surface area contributed by atoms with Gasteiger partial charge < -0.3 is 14.7 Å². The van der Waals surface area contributed by atoms with Crippen molar-refractivity contribution in [1.82, 2.24) is 14.2 Å². The summed E-state index contributed by atoms with van der Waals surface area (Å²) in [5, 5.41) is 9.84. The number of aliphatic hydroxyl groups excluding tert-OH is 1. The first kappa shape index (κ1) is 26.3. The third kappa shape index (κ3) is 5.48. The summed E-state index contributed by atoms with van der Waals surface area (Å²) < 4.78 is 35.2. The largest absolute Gasteiger partial charge is 0.487 e. The Labute approximate surface area is 213 Å². The molecule has 0 spiro atoms. The Morgan fingerprint density at radius 3 is 2.67 bits per heavy atom. The number of hydrogen-bond acceptors (Lipinski definition) is 6. The first-order valence-electron chi connectivity index (χ1n) is 12.5. The van der Waals surface area contributed by atoms with Crippen LogP contribution < -0.4 is 4.74 Å². The Balaban J connectivity index is 1.72. The highest BCUT2D eigenvalue weighted by Crippen LogP contribution is 2.37. The minimum absolute atomic E-state index is 0.0861. The van der Waals surface area contributed by atoms with Crippen molar-refractivity contribution in [3.63, 3.8) is 0 Å². The normalized spacial score (nSPS) is 22.8. The van der Waals surface area contributed by atoms with Crippen molar-refractivity contribution in [2.75, 3.05) is 26.7 Å². The van der Waals surface area contributed by atoms with E-state index in [0.29, 0.717) is 5.56 Å². The van der Waals surface area contributed by atoms with Crippen LogP contribution in [-0.2, 0) is 10.0 Å². The molecule has 0 fully saturated rings. The van der Waals surface area contributed by atoms with Crippen molar-refractivity contribution in [3.8, 4) is 5.75 Å². The molecule has 2 aliphatic rings. The van der Waals surface area contributed by atoms with Crippen LogP contribution in [0.5, 0.6) is 5.75 Å². The molecule has 0 saturated carbocycles. The number of ether oxygens (including phenoxy) is 1. The summed E-state index contributed by atoms with van der Waals surface area (Å²) in [6.07, 6.45) is 9.12. The average Bonchev–Trinajstić information content (AvgIpc) is 2.90. The molecular weight excluding hydrogens is 478 g/mol. The van der Waals surface area contributed by atoms with Gasteiger partial charge in [-0.25, -0.2) is 8.42 Å². The van der Waals surface area contributed by atoms with Gasteiger partial charge in [-0.3, -0.25) is 9.78 Å². The molecule has 36 heavy (non-hydrogen) atoms. The van der Waals surface area contributed by atoms with Crippen LogP contribution in [0.3, 0.4) is 0 Å². The predicted octanol–water partition coefficient (Wildman–Crippen LogP) is 3.58. The zero-order chi connectivity index (χ0) is 25.9. The molecule has 1 aromatic carbocycles. The van der Waals surface area contributed by atoms with E-state index in [1.165, 1.54) is 9.88 Å².